The van der Waals surface area contributed by atoms with Gasteiger partial charge in [-0.15, -0.1) is 0 Å². The van der Waals surface area contributed by atoms with Crippen LogP contribution < -0.4 is 11.5 Å². The van der Waals surface area contributed by atoms with Crippen LogP contribution in [0.25, 0.3) is 22.3 Å². The van der Waals surface area contributed by atoms with Crippen molar-refractivity contribution in [3.8, 4) is 0 Å². The highest BCUT2D eigenvalue weighted by molar-refractivity contribution is 8.44. The molecule has 3 fully saturated rings. The fourth-order valence-corrected chi connectivity index (χ4v) is 7.60. The molecule has 0 aliphatic carbocycles. The Morgan fingerprint density at radius 3 is 2.05 bits per heavy atom. The van der Waals surface area contributed by atoms with Crippen LogP contribution in [0, 0.1) is 0 Å². The number of anilines is 2. The Bertz CT molecular complexity index is 1830. The second-order valence-electron chi connectivity index (χ2n) is 9.90. The standard InChI is InChI=1S/C20H23FN10O10P2S/c21-9-13-8(39-19(9)30-5-28-10-15(22)24-3-26-17(10)30)2-37-43(35,44)41-14-12(32)7(1-36-42(33,34)40-13)38-20(14)31-6-29-11-16(23)25-4-27-18(11)31/h3-9,12-14,19-20,32H,1-2H2,(H,33,34)(H,35,44)(H2,22,24,26)(H2,23,25,27)/t7?,8?,9?,12?,13-,14?,19?,20+,43?/m0/s1. The van der Waals surface area contributed by atoms with Crippen LogP contribution in [0.1, 0.15) is 12.5 Å². The molecule has 10 atom stereocenters. The molecule has 236 valence electrons. The van der Waals surface area contributed by atoms with E-state index in [0.29, 0.717) is 0 Å². The van der Waals surface area contributed by atoms with Gasteiger partial charge in [0.05, 0.1) is 25.9 Å². The molecule has 0 aromatic carbocycles. The molecule has 8 unspecified atom stereocenters. The molecule has 20 nitrogen and oxygen atoms in total. The number of phosphoric acid groups is 1. The first-order valence-electron chi connectivity index (χ1n) is 12.7. The number of aromatic nitrogens is 8. The summed E-state index contributed by atoms with van der Waals surface area (Å²) in [5, 5.41) is 11.1. The molecule has 44 heavy (non-hydrogen) atoms. The Morgan fingerprint density at radius 2 is 1.41 bits per heavy atom. The average molecular weight is 676 g/mol. The highest BCUT2D eigenvalue weighted by Gasteiger charge is 2.54. The summed E-state index contributed by atoms with van der Waals surface area (Å²) in [6, 6.07) is 0. The Hall–Kier alpha value is -2.88. The van der Waals surface area contributed by atoms with Crippen molar-refractivity contribution >= 4 is 60.8 Å². The number of imidazole rings is 2. The van der Waals surface area contributed by atoms with Crippen LogP contribution in [0.15, 0.2) is 25.3 Å². The van der Waals surface area contributed by atoms with Gasteiger partial charge in [-0.1, -0.05) is 12.2 Å². The largest absolute Gasteiger partial charge is 0.472 e. The van der Waals surface area contributed by atoms with Gasteiger partial charge in [0.1, 0.15) is 54.2 Å². The quantitative estimate of drug-likeness (QED) is 0.141. The molecule has 3 saturated heterocycles. The van der Waals surface area contributed by atoms with Gasteiger partial charge in [0.25, 0.3) is 0 Å². The summed E-state index contributed by atoms with van der Waals surface area (Å²) >= 11 is 4.04. The molecule has 3 aliphatic rings. The van der Waals surface area contributed by atoms with E-state index in [1.54, 1.807) is 0 Å². The zero-order valence-electron chi connectivity index (χ0n) is 22.0. The number of nitrogens with zero attached hydrogens (tertiary/aromatic N) is 8. The van der Waals surface area contributed by atoms with Crippen molar-refractivity contribution in [1.82, 2.24) is 39.0 Å². The van der Waals surface area contributed by atoms with Gasteiger partial charge in [0.2, 0.25) is 0 Å². The van der Waals surface area contributed by atoms with E-state index in [0.717, 1.165) is 6.33 Å². The molecule has 0 amide bonds. The van der Waals surface area contributed by atoms with Crippen molar-refractivity contribution < 1.29 is 51.1 Å². The average Bonchev–Trinajstić information content (AvgIpc) is 3.73. The van der Waals surface area contributed by atoms with E-state index in [2.05, 4.69) is 42.2 Å². The summed E-state index contributed by atoms with van der Waals surface area (Å²) in [6.07, 6.45) is -7.80. The number of phosphoric ester groups is 1. The number of aliphatic hydroxyl groups is 1. The van der Waals surface area contributed by atoms with E-state index in [9.17, 15) is 19.1 Å². The monoisotopic (exact) mass is 676 g/mol. The highest BCUT2D eigenvalue weighted by Crippen LogP contribution is 2.58. The Morgan fingerprint density at radius 1 is 0.841 bits per heavy atom. The molecule has 24 heteroatoms. The van der Waals surface area contributed by atoms with Crippen LogP contribution in [0.2, 0.25) is 0 Å². The lowest BCUT2D eigenvalue weighted by Crippen LogP contribution is -2.35. The van der Waals surface area contributed by atoms with Gasteiger partial charge >= 0.3 is 14.6 Å². The zero-order valence-corrected chi connectivity index (χ0v) is 24.6. The predicted octanol–water partition coefficient (Wildman–Crippen LogP) is 0.280. The lowest BCUT2D eigenvalue weighted by atomic mass is 10.1. The normalized spacial score (nSPS) is 38.3. The summed E-state index contributed by atoms with van der Waals surface area (Å²) in [4.78, 5) is 34.7. The van der Waals surface area contributed by atoms with Crippen LogP contribution in [0.4, 0.5) is 16.0 Å². The third-order valence-corrected chi connectivity index (χ3v) is 9.82. The molecule has 0 spiro atoms. The maximum atomic E-state index is 15.9. The molecule has 4 aromatic rings. The third-order valence-electron chi connectivity index (χ3n) is 7.22. The first-order chi connectivity index (χ1) is 20.9. The van der Waals surface area contributed by atoms with Crippen molar-refractivity contribution in [1.29, 1.82) is 0 Å². The summed E-state index contributed by atoms with van der Waals surface area (Å²) < 4.78 is 78.0. The van der Waals surface area contributed by atoms with Crippen LogP contribution in [-0.4, -0.2) is 98.9 Å². The lowest BCUT2D eigenvalue weighted by molar-refractivity contribution is -0.0619. The highest BCUT2D eigenvalue weighted by atomic mass is 32.7. The van der Waals surface area contributed by atoms with E-state index in [-0.39, 0.29) is 34.0 Å². The lowest BCUT2D eigenvalue weighted by Gasteiger charge is -2.26. The first-order valence-corrected chi connectivity index (χ1v) is 16.9. The van der Waals surface area contributed by atoms with E-state index < -0.39 is 77.0 Å². The number of thiol groups is 1. The smallest absolute Gasteiger partial charge is 0.387 e. The van der Waals surface area contributed by atoms with Crippen molar-refractivity contribution in [3.05, 3.63) is 25.3 Å². The summed E-state index contributed by atoms with van der Waals surface area (Å²) in [5.74, 6) is 0.0891. The molecule has 6 N–H and O–H groups in total. The minimum absolute atomic E-state index is 0.0302. The fraction of sp³-hybridized carbons (Fsp3) is 0.500. The minimum Gasteiger partial charge on any atom is -0.387 e. The van der Waals surface area contributed by atoms with Gasteiger partial charge in [-0.25, -0.2) is 43.4 Å². The van der Waals surface area contributed by atoms with Gasteiger partial charge in [-0.2, -0.15) is 0 Å². The molecule has 7 rings (SSSR count). The number of hydrogen-bond donors (Lipinski definition) is 5. The van der Waals surface area contributed by atoms with Crippen molar-refractivity contribution in [2.45, 2.75) is 49.1 Å². The molecule has 0 radical (unpaired) electrons. The topological polar surface area (TPSA) is 269 Å². The third kappa shape index (κ3) is 5.14. The number of rotatable bonds is 2. The second-order valence-corrected chi connectivity index (χ2v) is 14.2. The van der Waals surface area contributed by atoms with Crippen molar-refractivity contribution in [2.75, 3.05) is 24.7 Å². The Kier molecular flexibility index (Phi) is 7.37. The SMILES string of the molecule is Nc1ncnc2c1ncn2C1OC2COP(=O)(S)OC3C(O)C(COP(=O)(O)O[C@@H]2C1F)O[C@H]3n1cnc2c(N)ncnc21. The maximum Gasteiger partial charge on any atom is 0.472 e. The molecule has 2 bridgehead atoms. The zero-order chi connectivity index (χ0) is 31.0. The number of fused-ring (bicyclic) bond motifs is 5. The van der Waals surface area contributed by atoms with Crippen molar-refractivity contribution in [2.24, 2.45) is 0 Å². The van der Waals surface area contributed by atoms with Crippen LogP contribution in [0.3, 0.4) is 0 Å². The summed E-state index contributed by atoms with van der Waals surface area (Å²) in [6.45, 7) is -5.84. The number of aliphatic hydroxyl groups excluding tert-OH is 1. The fourth-order valence-electron chi connectivity index (χ4n) is 5.19. The summed E-state index contributed by atoms with van der Waals surface area (Å²) in [5.41, 5.74) is 12.4. The van der Waals surface area contributed by atoms with E-state index >= 15 is 4.39 Å². The van der Waals surface area contributed by atoms with E-state index in [4.69, 9.17) is 39.0 Å². The molecule has 4 aromatic heterocycles. The number of halogens is 1. The van der Waals surface area contributed by atoms with Gasteiger partial charge in [-0.05, 0) is 0 Å². The van der Waals surface area contributed by atoms with Gasteiger partial charge < -0.3 is 30.9 Å². The molecular weight excluding hydrogens is 653 g/mol. The first kappa shape index (κ1) is 29.8. The Labute approximate surface area is 250 Å². The Balaban J connectivity index is 1.20. The van der Waals surface area contributed by atoms with E-state index in [1.165, 1.54) is 28.1 Å². The number of nitrogen functional groups attached to an aromatic ring is 2. The van der Waals surface area contributed by atoms with Crippen molar-refractivity contribution in [3.63, 3.8) is 0 Å². The van der Waals surface area contributed by atoms with Crippen LogP contribution >= 0.6 is 26.9 Å². The maximum absolute atomic E-state index is 15.9. The molecule has 3 aliphatic heterocycles. The number of nitrogens with two attached hydrogens (primary N) is 2. The molecule has 7 heterocycles. The number of ether oxygens (including phenoxy) is 2. The molecular formula is C20H23FN10O10P2S. The van der Waals surface area contributed by atoms with E-state index in [1.807, 2.05) is 0 Å². The number of hydrogen-bond acceptors (Lipinski definition) is 17. The minimum atomic E-state index is -5.06. The van der Waals surface area contributed by atoms with Gasteiger partial charge in [-0.3, -0.25) is 27.2 Å². The summed E-state index contributed by atoms with van der Waals surface area (Å²) in [7, 11) is -5.06. The van der Waals surface area contributed by atoms with Crippen LogP contribution in [0.5, 0.6) is 0 Å². The van der Waals surface area contributed by atoms with Gasteiger partial charge in [0.15, 0.2) is 41.6 Å². The molecule has 0 saturated carbocycles. The van der Waals surface area contributed by atoms with Crippen LogP contribution in [-0.2, 0) is 36.7 Å². The second kappa shape index (κ2) is 10.9. The van der Waals surface area contributed by atoms with Gasteiger partial charge in [0, 0.05) is 0 Å². The predicted molar refractivity (Wildman–Crippen MR) is 146 cm³/mol. The number of alkyl halides is 1.